The number of nitrogen functional groups attached to an aromatic ring is 1. The van der Waals surface area contributed by atoms with E-state index in [1.807, 2.05) is 20.2 Å². The number of nitrogens with zero attached hydrogens (tertiary/aromatic N) is 3. The molecule has 2 heterocycles. The van der Waals surface area contributed by atoms with E-state index in [2.05, 4.69) is 10.00 Å². The highest BCUT2D eigenvalue weighted by Crippen LogP contribution is 2.27. The fraction of sp³-hybridized carbons (Fsp3) is 0.727. The molecule has 1 unspecified atom stereocenters. The predicted molar refractivity (Wildman–Crippen MR) is 64.3 cm³/mol. The minimum absolute atomic E-state index is 0.543. The Hall–Kier alpha value is -1.23. The number of aliphatic hydroxyl groups is 1. The molecule has 90 valence electrons. The molecule has 2 rings (SSSR count). The van der Waals surface area contributed by atoms with Gasteiger partial charge in [-0.3, -0.25) is 4.68 Å². The van der Waals surface area contributed by atoms with Gasteiger partial charge < -0.3 is 15.7 Å². The Labute approximate surface area is 95.8 Å². The van der Waals surface area contributed by atoms with E-state index in [1.54, 1.807) is 4.68 Å². The van der Waals surface area contributed by atoms with Crippen molar-refractivity contribution < 1.29 is 5.11 Å². The van der Waals surface area contributed by atoms with Crippen LogP contribution >= 0.6 is 0 Å². The van der Waals surface area contributed by atoms with Gasteiger partial charge in [-0.25, -0.2) is 0 Å². The molecule has 5 nitrogen and oxygen atoms in total. The number of rotatable bonds is 1. The molecule has 0 radical (unpaired) electrons. The molecule has 1 fully saturated rings. The van der Waals surface area contributed by atoms with Gasteiger partial charge in [-0.2, -0.15) is 5.10 Å². The second-order valence-corrected chi connectivity index (χ2v) is 4.92. The van der Waals surface area contributed by atoms with Gasteiger partial charge in [0, 0.05) is 26.3 Å². The summed E-state index contributed by atoms with van der Waals surface area (Å²) in [6.45, 7) is 3.63. The van der Waals surface area contributed by atoms with Crippen molar-refractivity contribution in [2.24, 2.45) is 7.05 Å². The van der Waals surface area contributed by atoms with Crippen LogP contribution in [0.25, 0.3) is 0 Å². The van der Waals surface area contributed by atoms with Crippen molar-refractivity contribution in [3.05, 3.63) is 6.20 Å². The Kier molecular flexibility index (Phi) is 2.80. The monoisotopic (exact) mass is 224 g/mol. The summed E-state index contributed by atoms with van der Waals surface area (Å²) in [4.78, 5) is 2.16. The van der Waals surface area contributed by atoms with Gasteiger partial charge in [0.1, 0.15) is 0 Å². The van der Waals surface area contributed by atoms with Crippen molar-refractivity contribution in [2.45, 2.75) is 31.8 Å². The maximum Gasteiger partial charge on any atom is 0.173 e. The van der Waals surface area contributed by atoms with E-state index in [0.29, 0.717) is 5.69 Å². The van der Waals surface area contributed by atoms with Crippen molar-refractivity contribution in [3.8, 4) is 0 Å². The molecule has 16 heavy (non-hydrogen) atoms. The lowest BCUT2D eigenvalue weighted by molar-refractivity contribution is 0.0481. The lowest BCUT2D eigenvalue weighted by Gasteiger charge is -2.22. The molecule has 1 saturated heterocycles. The molecule has 0 saturated carbocycles. The van der Waals surface area contributed by atoms with Crippen LogP contribution in [0.5, 0.6) is 0 Å². The zero-order valence-corrected chi connectivity index (χ0v) is 9.98. The van der Waals surface area contributed by atoms with E-state index < -0.39 is 5.60 Å². The molecule has 1 aliphatic heterocycles. The topological polar surface area (TPSA) is 67.3 Å². The fourth-order valence-corrected chi connectivity index (χ4v) is 2.22. The quantitative estimate of drug-likeness (QED) is 0.738. The first kappa shape index (κ1) is 11.3. The zero-order chi connectivity index (χ0) is 11.8. The molecule has 1 atom stereocenters. The first-order chi connectivity index (χ1) is 7.48. The highest BCUT2D eigenvalue weighted by molar-refractivity contribution is 5.61. The van der Waals surface area contributed by atoms with Gasteiger partial charge in [0.15, 0.2) is 5.82 Å². The summed E-state index contributed by atoms with van der Waals surface area (Å²) in [5, 5.41) is 14.4. The van der Waals surface area contributed by atoms with Crippen LogP contribution in [-0.2, 0) is 7.05 Å². The molecule has 1 aliphatic rings. The zero-order valence-electron chi connectivity index (χ0n) is 9.98. The van der Waals surface area contributed by atoms with Crippen LogP contribution in [0.3, 0.4) is 0 Å². The van der Waals surface area contributed by atoms with Crippen LogP contribution in [0.15, 0.2) is 6.20 Å². The molecule has 0 spiro atoms. The van der Waals surface area contributed by atoms with Gasteiger partial charge in [-0.1, -0.05) is 0 Å². The standard InChI is InChI=1S/C11H20N4O/c1-11(16)4-3-6-15(7-5-11)10-9(12)8-14(2)13-10/h8,16H,3-7,12H2,1-2H3. The lowest BCUT2D eigenvalue weighted by Crippen LogP contribution is -2.29. The smallest absolute Gasteiger partial charge is 0.173 e. The molecule has 0 aliphatic carbocycles. The highest BCUT2D eigenvalue weighted by atomic mass is 16.3. The Morgan fingerprint density at radius 1 is 1.44 bits per heavy atom. The van der Waals surface area contributed by atoms with Gasteiger partial charge in [-0.05, 0) is 26.2 Å². The minimum atomic E-state index is -0.543. The van der Waals surface area contributed by atoms with Crippen LogP contribution < -0.4 is 10.6 Å². The van der Waals surface area contributed by atoms with Crippen LogP contribution in [0.1, 0.15) is 26.2 Å². The SMILES string of the molecule is Cn1cc(N)c(N2CCCC(C)(O)CC2)n1. The van der Waals surface area contributed by atoms with Gasteiger partial charge >= 0.3 is 0 Å². The predicted octanol–water partition coefficient (Wildman–Crippen LogP) is 0.744. The number of hydrogen-bond acceptors (Lipinski definition) is 4. The maximum atomic E-state index is 10.0. The van der Waals surface area contributed by atoms with E-state index in [4.69, 9.17) is 5.73 Å². The van der Waals surface area contributed by atoms with Crippen molar-refractivity contribution in [2.75, 3.05) is 23.7 Å². The molecular formula is C11H20N4O. The second-order valence-electron chi connectivity index (χ2n) is 4.92. The van der Waals surface area contributed by atoms with Crippen molar-refractivity contribution in [3.63, 3.8) is 0 Å². The number of hydrogen-bond donors (Lipinski definition) is 2. The number of anilines is 2. The molecule has 0 bridgehead atoms. The van der Waals surface area contributed by atoms with Crippen molar-refractivity contribution in [1.29, 1.82) is 0 Å². The largest absolute Gasteiger partial charge is 0.394 e. The normalized spacial score (nSPS) is 26.8. The van der Waals surface area contributed by atoms with Gasteiger partial charge in [0.05, 0.1) is 11.3 Å². The summed E-state index contributed by atoms with van der Waals surface area (Å²) in [7, 11) is 1.87. The minimum Gasteiger partial charge on any atom is -0.394 e. The Bertz CT molecular complexity index is 372. The number of aryl methyl sites for hydroxylation is 1. The molecule has 5 heteroatoms. The third-order valence-electron chi connectivity index (χ3n) is 3.20. The molecule has 3 N–H and O–H groups in total. The van der Waals surface area contributed by atoms with E-state index in [9.17, 15) is 5.11 Å². The maximum absolute atomic E-state index is 10.0. The summed E-state index contributed by atoms with van der Waals surface area (Å²) >= 11 is 0. The number of nitrogens with two attached hydrogens (primary N) is 1. The molecule has 1 aromatic rings. The molecule has 0 amide bonds. The van der Waals surface area contributed by atoms with E-state index in [0.717, 1.165) is 38.2 Å². The summed E-state index contributed by atoms with van der Waals surface area (Å²) in [6, 6.07) is 0. The van der Waals surface area contributed by atoms with E-state index in [-0.39, 0.29) is 0 Å². The second kappa shape index (κ2) is 3.97. The number of aromatic nitrogens is 2. The summed E-state index contributed by atoms with van der Waals surface area (Å²) in [5.41, 5.74) is 6.07. The van der Waals surface area contributed by atoms with Crippen LogP contribution in [0.4, 0.5) is 11.5 Å². The van der Waals surface area contributed by atoms with Crippen molar-refractivity contribution >= 4 is 11.5 Å². The van der Waals surface area contributed by atoms with Crippen LogP contribution in [-0.4, -0.2) is 33.6 Å². The third kappa shape index (κ3) is 2.29. The van der Waals surface area contributed by atoms with Crippen LogP contribution in [0, 0.1) is 0 Å². The molecule has 1 aromatic heterocycles. The van der Waals surface area contributed by atoms with Crippen LogP contribution in [0.2, 0.25) is 0 Å². The van der Waals surface area contributed by atoms with E-state index in [1.165, 1.54) is 0 Å². The summed E-state index contributed by atoms with van der Waals surface area (Å²) in [5.74, 6) is 0.847. The van der Waals surface area contributed by atoms with Gasteiger partial charge in [0.25, 0.3) is 0 Å². The average molecular weight is 224 g/mol. The van der Waals surface area contributed by atoms with Gasteiger partial charge in [-0.15, -0.1) is 0 Å². The summed E-state index contributed by atoms with van der Waals surface area (Å²) in [6.07, 6.45) is 4.40. The lowest BCUT2D eigenvalue weighted by atomic mass is 9.98. The Morgan fingerprint density at radius 3 is 2.81 bits per heavy atom. The van der Waals surface area contributed by atoms with Gasteiger partial charge in [0.2, 0.25) is 0 Å². The van der Waals surface area contributed by atoms with Crippen molar-refractivity contribution in [1.82, 2.24) is 9.78 Å². The first-order valence-electron chi connectivity index (χ1n) is 5.74. The fourth-order valence-electron chi connectivity index (χ4n) is 2.22. The Balaban J connectivity index is 2.13. The molecular weight excluding hydrogens is 204 g/mol. The Morgan fingerprint density at radius 2 is 2.19 bits per heavy atom. The average Bonchev–Trinajstić information content (AvgIpc) is 2.41. The van der Waals surface area contributed by atoms with E-state index >= 15 is 0 Å². The summed E-state index contributed by atoms with van der Waals surface area (Å²) < 4.78 is 1.73. The third-order valence-corrected chi connectivity index (χ3v) is 3.20. The highest BCUT2D eigenvalue weighted by Gasteiger charge is 2.26. The molecule has 0 aromatic carbocycles. The first-order valence-corrected chi connectivity index (χ1v) is 5.74.